The molecule has 4 aromatic rings. The van der Waals surface area contributed by atoms with Gasteiger partial charge in [-0.15, -0.1) is 0 Å². The molecule has 0 aliphatic carbocycles. The third kappa shape index (κ3) is 3.93. The van der Waals surface area contributed by atoms with Gasteiger partial charge in [0, 0.05) is 44.0 Å². The standard InChI is InChI=1S/C24H25N9O/c1-15-32-21(20-22(33-15)31-14-30-20)24(18-5-6-19(34-2)28-13-18)8-17(12-29-23(24)25)11-27-10-16-4-3-7-26-9-16/h3-9,12-14,23,27H,10-11,25H2,1-2H3,(H,30,31,32,33). The second kappa shape index (κ2) is 9.08. The number of rotatable bonds is 7. The summed E-state index contributed by atoms with van der Waals surface area (Å²) in [6.45, 7) is 3.11. The lowest BCUT2D eigenvalue weighted by Gasteiger charge is -2.37. The van der Waals surface area contributed by atoms with Gasteiger partial charge in [-0.05, 0) is 29.7 Å². The molecule has 4 aromatic heterocycles. The van der Waals surface area contributed by atoms with Gasteiger partial charge in [-0.3, -0.25) is 9.98 Å². The van der Waals surface area contributed by atoms with E-state index in [1.165, 1.54) is 0 Å². The van der Waals surface area contributed by atoms with Crippen molar-refractivity contribution in [2.24, 2.45) is 10.7 Å². The van der Waals surface area contributed by atoms with Gasteiger partial charge in [0.05, 0.1) is 24.5 Å². The van der Waals surface area contributed by atoms with Gasteiger partial charge in [0.25, 0.3) is 0 Å². The summed E-state index contributed by atoms with van der Waals surface area (Å²) >= 11 is 0. The Bertz CT molecular complexity index is 1350. The summed E-state index contributed by atoms with van der Waals surface area (Å²) in [5.41, 5.74) is 10.7. The number of nitrogens with two attached hydrogens (primary N) is 1. The molecule has 2 atom stereocenters. The molecule has 0 amide bonds. The molecule has 172 valence electrons. The first-order valence-electron chi connectivity index (χ1n) is 10.9. The monoisotopic (exact) mass is 455 g/mol. The molecular weight excluding hydrogens is 430 g/mol. The van der Waals surface area contributed by atoms with Gasteiger partial charge in [-0.25, -0.2) is 19.9 Å². The summed E-state index contributed by atoms with van der Waals surface area (Å²) in [5.74, 6) is 1.11. The summed E-state index contributed by atoms with van der Waals surface area (Å²) < 4.78 is 5.27. The molecule has 0 bridgehead atoms. The van der Waals surface area contributed by atoms with Crippen molar-refractivity contribution in [3.8, 4) is 5.88 Å². The maximum Gasteiger partial charge on any atom is 0.212 e. The van der Waals surface area contributed by atoms with E-state index in [9.17, 15) is 0 Å². The van der Waals surface area contributed by atoms with E-state index in [1.54, 1.807) is 25.8 Å². The number of nitrogens with zero attached hydrogens (tertiary/aromatic N) is 6. The third-order valence-corrected chi connectivity index (χ3v) is 5.87. The molecule has 0 saturated carbocycles. The summed E-state index contributed by atoms with van der Waals surface area (Å²) in [7, 11) is 1.59. The molecule has 1 aliphatic rings. The average molecular weight is 456 g/mol. The van der Waals surface area contributed by atoms with Crippen molar-refractivity contribution in [1.82, 2.24) is 35.2 Å². The van der Waals surface area contributed by atoms with Gasteiger partial charge in [-0.1, -0.05) is 18.2 Å². The maximum atomic E-state index is 6.72. The molecule has 4 N–H and O–H groups in total. The molecule has 10 nitrogen and oxygen atoms in total. The van der Waals surface area contributed by atoms with E-state index in [1.807, 2.05) is 43.6 Å². The zero-order valence-electron chi connectivity index (χ0n) is 18.9. The first-order chi connectivity index (χ1) is 16.6. The number of nitrogens with one attached hydrogen (secondary N) is 2. The zero-order valence-corrected chi connectivity index (χ0v) is 18.9. The van der Waals surface area contributed by atoms with Crippen LogP contribution in [0.3, 0.4) is 0 Å². The molecule has 0 fully saturated rings. The van der Waals surface area contributed by atoms with Crippen LogP contribution in [-0.4, -0.2) is 55.9 Å². The van der Waals surface area contributed by atoms with Crippen LogP contribution in [0.25, 0.3) is 11.2 Å². The highest BCUT2D eigenvalue weighted by molar-refractivity contribution is 5.84. The number of methoxy groups -OCH3 is 1. The number of fused-ring (bicyclic) bond motifs is 1. The number of dihydropyridines is 1. The van der Waals surface area contributed by atoms with E-state index in [2.05, 4.69) is 41.3 Å². The van der Waals surface area contributed by atoms with Crippen LogP contribution in [-0.2, 0) is 12.0 Å². The van der Waals surface area contributed by atoms with Crippen LogP contribution in [0, 0.1) is 6.92 Å². The lowest BCUT2D eigenvalue weighted by atomic mass is 9.72. The molecule has 5 heterocycles. The number of ether oxygens (including phenoxy) is 1. The minimum atomic E-state index is -0.891. The van der Waals surface area contributed by atoms with Crippen molar-refractivity contribution in [2.75, 3.05) is 13.7 Å². The number of aliphatic imine (C=N–C) groups is 1. The van der Waals surface area contributed by atoms with E-state index >= 15 is 0 Å². The first-order valence-corrected chi connectivity index (χ1v) is 10.9. The first kappa shape index (κ1) is 21.8. The fourth-order valence-electron chi connectivity index (χ4n) is 4.25. The highest BCUT2D eigenvalue weighted by atomic mass is 16.5. The largest absolute Gasteiger partial charge is 0.481 e. The van der Waals surface area contributed by atoms with E-state index in [4.69, 9.17) is 15.5 Å². The Balaban J connectivity index is 1.60. The molecule has 1 aliphatic heterocycles. The lowest BCUT2D eigenvalue weighted by molar-refractivity contribution is 0.396. The van der Waals surface area contributed by atoms with Crippen LogP contribution in [0.4, 0.5) is 0 Å². The molecule has 2 unspecified atom stereocenters. The third-order valence-electron chi connectivity index (χ3n) is 5.87. The number of aromatic amines is 1. The molecule has 34 heavy (non-hydrogen) atoms. The Morgan fingerprint density at radius 1 is 1.15 bits per heavy atom. The smallest absolute Gasteiger partial charge is 0.212 e. The fraction of sp³-hybridized carbons (Fsp3) is 0.250. The molecule has 10 heteroatoms. The van der Waals surface area contributed by atoms with Crippen molar-refractivity contribution in [3.63, 3.8) is 0 Å². The summed E-state index contributed by atoms with van der Waals surface area (Å²) in [6.07, 6.45) is 10.3. The highest BCUT2D eigenvalue weighted by Crippen LogP contribution is 2.41. The minimum absolute atomic E-state index is 0.514. The minimum Gasteiger partial charge on any atom is -0.481 e. The van der Waals surface area contributed by atoms with Crippen molar-refractivity contribution in [3.05, 3.63) is 83.5 Å². The number of hydrogen-bond acceptors (Lipinski definition) is 9. The molecular formula is C24H25N9O. The number of aromatic nitrogens is 6. The van der Waals surface area contributed by atoms with Crippen molar-refractivity contribution in [1.29, 1.82) is 0 Å². The van der Waals surface area contributed by atoms with Gasteiger partial charge in [0.15, 0.2) is 5.65 Å². The Hall–Kier alpha value is -4.02. The van der Waals surface area contributed by atoms with E-state index < -0.39 is 11.6 Å². The Kier molecular flexibility index (Phi) is 5.83. The van der Waals surface area contributed by atoms with Gasteiger partial charge in [-0.2, -0.15) is 0 Å². The van der Waals surface area contributed by atoms with Crippen molar-refractivity contribution >= 4 is 17.4 Å². The van der Waals surface area contributed by atoms with Crippen LogP contribution in [0.5, 0.6) is 5.88 Å². The Morgan fingerprint density at radius 2 is 2.06 bits per heavy atom. The second-order valence-corrected chi connectivity index (χ2v) is 8.09. The lowest BCUT2D eigenvalue weighted by Crippen LogP contribution is -2.47. The molecule has 5 rings (SSSR count). The maximum absolute atomic E-state index is 6.72. The highest BCUT2D eigenvalue weighted by Gasteiger charge is 2.44. The van der Waals surface area contributed by atoms with E-state index in [0.29, 0.717) is 41.7 Å². The van der Waals surface area contributed by atoms with Crippen LogP contribution >= 0.6 is 0 Å². The van der Waals surface area contributed by atoms with Crippen LogP contribution in [0.15, 0.2) is 65.8 Å². The van der Waals surface area contributed by atoms with Crippen LogP contribution in [0.1, 0.15) is 22.6 Å². The zero-order chi connectivity index (χ0) is 23.5. The summed E-state index contributed by atoms with van der Waals surface area (Å²) in [5, 5.41) is 3.46. The molecule has 0 radical (unpaired) electrons. The SMILES string of the molecule is COc1ccc(C2(c3nc(C)nc4nc[nH]c34)C=C(CNCc3cccnc3)C=NC2N)cn1. The average Bonchev–Trinajstić information content (AvgIpc) is 3.34. The molecule has 0 saturated heterocycles. The fourth-order valence-corrected chi connectivity index (χ4v) is 4.25. The van der Waals surface area contributed by atoms with Crippen LogP contribution < -0.4 is 15.8 Å². The number of aryl methyl sites for hydroxylation is 1. The topological polar surface area (TPSA) is 140 Å². The number of hydrogen-bond donors (Lipinski definition) is 3. The predicted molar refractivity (Wildman–Crippen MR) is 128 cm³/mol. The van der Waals surface area contributed by atoms with Crippen molar-refractivity contribution in [2.45, 2.75) is 25.0 Å². The van der Waals surface area contributed by atoms with Gasteiger partial charge in [0.1, 0.15) is 17.5 Å². The van der Waals surface area contributed by atoms with Crippen molar-refractivity contribution < 1.29 is 4.74 Å². The second-order valence-electron chi connectivity index (χ2n) is 8.09. The van der Waals surface area contributed by atoms with Crippen LogP contribution in [0.2, 0.25) is 0 Å². The van der Waals surface area contributed by atoms with E-state index in [-0.39, 0.29) is 0 Å². The molecule has 0 spiro atoms. The quantitative estimate of drug-likeness (QED) is 0.383. The summed E-state index contributed by atoms with van der Waals surface area (Å²) in [6, 6.07) is 7.72. The van der Waals surface area contributed by atoms with Gasteiger partial charge >= 0.3 is 0 Å². The van der Waals surface area contributed by atoms with Gasteiger partial charge < -0.3 is 20.8 Å². The molecule has 0 aromatic carbocycles. The number of H-pyrrole nitrogens is 1. The number of pyridine rings is 2. The summed E-state index contributed by atoms with van der Waals surface area (Å²) in [4.78, 5) is 30.1. The van der Waals surface area contributed by atoms with E-state index in [0.717, 1.165) is 16.7 Å². The normalized spacial score (nSPS) is 19.9. The Morgan fingerprint density at radius 3 is 2.82 bits per heavy atom. The van der Waals surface area contributed by atoms with Gasteiger partial charge in [0.2, 0.25) is 5.88 Å². The number of imidazole rings is 1. The Labute approximate surface area is 196 Å². The predicted octanol–water partition coefficient (Wildman–Crippen LogP) is 1.83.